The van der Waals surface area contributed by atoms with E-state index in [1.807, 2.05) is 31.2 Å². The second kappa shape index (κ2) is 9.75. The van der Waals surface area contributed by atoms with Crippen molar-refractivity contribution in [2.45, 2.75) is 19.6 Å². The van der Waals surface area contributed by atoms with Crippen LogP contribution in [0, 0.1) is 6.92 Å². The van der Waals surface area contributed by atoms with Gasteiger partial charge in [-0.2, -0.15) is 23.4 Å². The van der Waals surface area contributed by atoms with Crippen LogP contribution in [0.2, 0.25) is 0 Å². The zero-order valence-corrected chi connectivity index (χ0v) is 19.1. The number of benzene rings is 3. The van der Waals surface area contributed by atoms with Gasteiger partial charge >= 0.3 is 6.18 Å². The first-order valence-electron chi connectivity index (χ1n) is 10.3. The zero-order valence-electron chi connectivity index (χ0n) is 18.3. The molecule has 1 fully saturated rings. The lowest BCUT2D eigenvalue weighted by molar-refractivity contribution is -0.137. The van der Waals surface area contributed by atoms with Crippen molar-refractivity contribution >= 4 is 40.4 Å². The number of hydrogen-bond acceptors (Lipinski definition) is 6. The number of alkyl halides is 3. The molecule has 1 N–H and O–H groups in total. The second-order valence-corrected chi connectivity index (χ2v) is 8.74. The lowest BCUT2D eigenvalue weighted by Gasteiger charge is -2.12. The molecule has 0 saturated carbocycles. The number of rotatable bonds is 5. The lowest BCUT2D eigenvalue weighted by atomic mass is 10.1. The topological polar surface area (TPSA) is 82.3 Å². The zero-order chi connectivity index (χ0) is 25.2. The van der Waals surface area contributed by atoms with Gasteiger partial charge in [-0.3, -0.25) is 14.5 Å². The average molecular weight is 497 g/mol. The minimum Gasteiger partial charge on any atom is -0.507 e. The van der Waals surface area contributed by atoms with E-state index < -0.39 is 22.9 Å². The number of phenols is 1. The largest absolute Gasteiger partial charge is 0.507 e. The number of imide groups is 1. The highest BCUT2D eigenvalue weighted by Crippen LogP contribution is 2.36. The van der Waals surface area contributed by atoms with Crippen molar-refractivity contribution in [2.75, 3.05) is 0 Å². The van der Waals surface area contributed by atoms with Crippen LogP contribution in [0.25, 0.3) is 6.08 Å². The Morgan fingerprint density at radius 1 is 0.971 bits per heavy atom. The van der Waals surface area contributed by atoms with Crippen LogP contribution in [0.5, 0.6) is 5.75 Å². The number of hydrogen-bond donors (Lipinski definition) is 1. The number of nitrogens with zero attached hydrogens (tertiary/aromatic N) is 3. The van der Waals surface area contributed by atoms with Gasteiger partial charge in [-0.1, -0.05) is 35.9 Å². The highest BCUT2D eigenvalue weighted by molar-refractivity contribution is 8.18. The molecule has 0 bridgehead atoms. The van der Waals surface area contributed by atoms with Crippen molar-refractivity contribution in [2.24, 2.45) is 10.2 Å². The Balaban J connectivity index is 1.55. The first-order valence-corrected chi connectivity index (χ1v) is 11.1. The van der Waals surface area contributed by atoms with Gasteiger partial charge in [0.15, 0.2) is 0 Å². The Kier molecular flexibility index (Phi) is 6.74. The van der Waals surface area contributed by atoms with Crippen molar-refractivity contribution in [3.05, 3.63) is 93.9 Å². The molecule has 6 nitrogen and oxygen atoms in total. The third-order valence-corrected chi connectivity index (χ3v) is 5.96. The molecule has 1 aliphatic heterocycles. The number of amides is 2. The van der Waals surface area contributed by atoms with Gasteiger partial charge in [0.2, 0.25) is 0 Å². The molecule has 1 aliphatic rings. The van der Waals surface area contributed by atoms with Gasteiger partial charge in [-0.15, -0.1) is 0 Å². The molecule has 178 valence electrons. The minimum atomic E-state index is -4.50. The molecular weight excluding hydrogens is 479 g/mol. The van der Waals surface area contributed by atoms with E-state index in [1.54, 1.807) is 0 Å². The Morgan fingerprint density at radius 3 is 2.40 bits per heavy atom. The van der Waals surface area contributed by atoms with Crippen LogP contribution in [-0.4, -0.2) is 21.2 Å². The van der Waals surface area contributed by atoms with Gasteiger partial charge in [-0.05, 0) is 66.7 Å². The molecule has 10 heteroatoms. The molecule has 3 aromatic rings. The lowest BCUT2D eigenvalue weighted by Crippen LogP contribution is -2.27. The summed E-state index contributed by atoms with van der Waals surface area (Å²) in [6.45, 7) is 2.04. The fraction of sp³-hybridized carbons (Fsp3) is 0.120. The van der Waals surface area contributed by atoms with E-state index in [1.165, 1.54) is 36.4 Å². The Hall–Kier alpha value is -3.92. The fourth-order valence-electron chi connectivity index (χ4n) is 3.35. The molecule has 1 saturated heterocycles. The Morgan fingerprint density at radius 2 is 1.69 bits per heavy atom. The summed E-state index contributed by atoms with van der Waals surface area (Å²) < 4.78 is 38.7. The number of phenolic OH excluding ortho intramolecular Hbond substituents is 1. The van der Waals surface area contributed by atoms with E-state index in [-0.39, 0.29) is 34.1 Å². The van der Waals surface area contributed by atoms with Gasteiger partial charge in [0.25, 0.3) is 11.1 Å². The van der Waals surface area contributed by atoms with Gasteiger partial charge in [0.05, 0.1) is 28.4 Å². The molecule has 0 radical (unpaired) electrons. The first-order chi connectivity index (χ1) is 16.6. The number of carbonyl (C=O) groups excluding carboxylic acids is 2. The van der Waals surface area contributed by atoms with Gasteiger partial charge in [0.1, 0.15) is 5.75 Å². The SMILES string of the molecule is Cc1cccc(CN2C(=O)S/C(=C\c3cc(N=Nc4cccc(C(F)(F)F)c4)ccc3O)C2=O)c1. The van der Waals surface area contributed by atoms with Crippen LogP contribution in [-0.2, 0) is 17.5 Å². The van der Waals surface area contributed by atoms with Crippen LogP contribution in [0.15, 0.2) is 81.9 Å². The summed E-state index contributed by atoms with van der Waals surface area (Å²) in [4.78, 5) is 26.5. The van der Waals surface area contributed by atoms with Crippen LogP contribution in [0.1, 0.15) is 22.3 Å². The number of aromatic hydroxyl groups is 1. The number of aryl methyl sites for hydroxylation is 1. The van der Waals surface area contributed by atoms with E-state index in [2.05, 4.69) is 10.2 Å². The van der Waals surface area contributed by atoms with E-state index in [0.29, 0.717) is 0 Å². The summed E-state index contributed by atoms with van der Waals surface area (Å²) in [7, 11) is 0. The van der Waals surface area contributed by atoms with E-state index >= 15 is 0 Å². The second-order valence-electron chi connectivity index (χ2n) is 7.75. The van der Waals surface area contributed by atoms with Crippen LogP contribution in [0.4, 0.5) is 29.3 Å². The summed E-state index contributed by atoms with van der Waals surface area (Å²) in [6, 6.07) is 16.0. The first kappa shape index (κ1) is 24.2. The van der Waals surface area contributed by atoms with Crippen molar-refractivity contribution < 1.29 is 27.9 Å². The standard InChI is InChI=1S/C25H18F3N3O3S/c1-15-4-2-5-16(10-15)14-31-23(33)22(35-24(31)34)12-17-11-20(8-9-21(17)32)30-29-19-7-3-6-18(13-19)25(26,27)28/h2-13,32H,14H2,1H3/b22-12-,30-29?. The predicted octanol–water partition coefficient (Wildman–Crippen LogP) is 7.37. The fourth-order valence-corrected chi connectivity index (χ4v) is 4.18. The minimum absolute atomic E-state index is 0.00622. The maximum Gasteiger partial charge on any atom is 0.416 e. The molecule has 1 heterocycles. The van der Waals surface area contributed by atoms with Crippen molar-refractivity contribution in [1.29, 1.82) is 0 Å². The molecule has 3 aromatic carbocycles. The number of halogens is 3. The average Bonchev–Trinajstić information content (AvgIpc) is 3.06. The smallest absolute Gasteiger partial charge is 0.416 e. The molecule has 0 aliphatic carbocycles. The van der Waals surface area contributed by atoms with Gasteiger partial charge < -0.3 is 5.11 Å². The number of azo groups is 1. The highest BCUT2D eigenvalue weighted by Gasteiger charge is 2.35. The molecule has 2 amide bonds. The molecule has 35 heavy (non-hydrogen) atoms. The van der Waals surface area contributed by atoms with Crippen molar-refractivity contribution in [1.82, 2.24) is 4.90 Å². The molecule has 0 unspecified atom stereocenters. The molecular formula is C25H18F3N3O3S. The molecule has 4 rings (SSSR count). The van der Waals surface area contributed by atoms with Crippen LogP contribution in [0.3, 0.4) is 0 Å². The highest BCUT2D eigenvalue weighted by atomic mass is 32.2. The van der Waals surface area contributed by atoms with Crippen molar-refractivity contribution in [3.63, 3.8) is 0 Å². The quantitative estimate of drug-likeness (QED) is 0.295. The number of thioether (sulfide) groups is 1. The van der Waals surface area contributed by atoms with E-state index in [0.717, 1.165) is 39.9 Å². The van der Waals surface area contributed by atoms with E-state index in [4.69, 9.17) is 0 Å². The number of carbonyl (C=O) groups is 2. The molecule has 0 atom stereocenters. The normalized spacial score (nSPS) is 15.5. The summed E-state index contributed by atoms with van der Waals surface area (Å²) in [5.41, 5.74) is 1.44. The summed E-state index contributed by atoms with van der Waals surface area (Å²) in [6.07, 6.45) is -3.13. The van der Waals surface area contributed by atoms with Crippen LogP contribution < -0.4 is 0 Å². The van der Waals surface area contributed by atoms with E-state index in [9.17, 15) is 27.9 Å². The maximum absolute atomic E-state index is 12.9. The molecule has 0 aromatic heterocycles. The Labute approximate surface area is 202 Å². The summed E-state index contributed by atoms with van der Waals surface area (Å²) >= 11 is 0.756. The Bertz CT molecular complexity index is 1370. The van der Waals surface area contributed by atoms with Crippen molar-refractivity contribution in [3.8, 4) is 5.75 Å². The predicted molar refractivity (Wildman–Crippen MR) is 126 cm³/mol. The monoisotopic (exact) mass is 497 g/mol. The summed E-state index contributed by atoms with van der Waals surface area (Å²) in [5, 5.41) is 17.6. The summed E-state index contributed by atoms with van der Waals surface area (Å²) in [5.74, 6) is -0.648. The van der Waals surface area contributed by atoms with Gasteiger partial charge in [0, 0.05) is 5.56 Å². The maximum atomic E-state index is 12.9. The third-order valence-electron chi connectivity index (χ3n) is 5.05. The third kappa shape index (κ3) is 5.78. The van der Waals surface area contributed by atoms with Gasteiger partial charge in [-0.25, -0.2) is 0 Å². The van der Waals surface area contributed by atoms with Crippen LogP contribution >= 0.6 is 11.8 Å². The molecule has 0 spiro atoms.